The van der Waals surface area contributed by atoms with Crippen molar-refractivity contribution in [2.75, 3.05) is 0 Å². The average molecular weight is 290 g/mol. The van der Waals surface area contributed by atoms with E-state index in [4.69, 9.17) is 0 Å². The largest absolute Gasteiger partial charge is 0.341 e. The van der Waals surface area contributed by atoms with E-state index in [1.54, 1.807) is 0 Å². The molecule has 0 aliphatic rings. The van der Waals surface area contributed by atoms with E-state index in [0.717, 1.165) is 12.1 Å². The molecule has 0 aliphatic heterocycles. The second-order valence-corrected chi connectivity index (χ2v) is 6.62. The van der Waals surface area contributed by atoms with E-state index in [-0.39, 0.29) is 17.6 Å². The van der Waals surface area contributed by atoms with Crippen molar-refractivity contribution in [3.05, 3.63) is 29.8 Å². The van der Waals surface area contributed by atoms with E-state index in [0.29, 0.717) is 5.56 Å². The minimum atomic E-state index is -4.58. The van der Waals surface area contributed by atoms with Gasteiger partial charge in [-0.3, -0.25) is 4.79 Å². The van der Waals surface area contributed by atoms with Gasteiger partial charge in [0.1, 0.15) is 5.78 Å². The Morgan fingerprint density at radius 2 is 1.58 bits per heavy atom. The summed E-state index contributed by atoms with van der Waals surface area (Å²) in [5.74, 6) is -3.79. The quantitative estimate of drug-likeness (QED) is 0.837. The van der Waals surface area contributed by atoms with E-state index in [2.05, 4.69) is 0 Å². The molecule has 1 atom stereocenters. The number of carbonyl (C=O) groups excluding carboxylic acids is 1. The van der Waals surface area contributed by atoms with E-state index < -0.39 is 20.5 Å². The second kappa shape index (κ2) is 5.77. The summed E-state index contributed by atoms with van der Waals surface area (Å²) >= 11 is 0. The normalized spacial score (nSPS) is 13.8. The lowest BCUT2D eigenvalue weighted by molar-refractivity contribution is -0.119. The van der Waals surface area contributed by atoms with E-state index in [1.165, 1.54) is 19.1 Å². The lowest BCUT2D eigenvalue weighted by Crippen LogP contribution is -2.16. The SMILES string of the molecule is CC(=O)C(c1ccc(S(=O)(=O)C(F)F)cc1)C(C)C. The van der Waals surface area contributed by atoms with Gasteiger partial charge in [0.15, 0.2) is 0 Å². The highest BCUT2D eigenvalue weighted by atomic mass is 32.2. The number of benzene rings is 1. The van der Waals surface area contributed by atoms with Gasteiger partial charge in [-0.1, -0.05) is 26.0 Å². The molecule has 19 heavy (non-hydrogen) atoms. The number of Topliss-reactive ketones (excluding diaryl/α,β-unsaturated/α-hetero) is 1. The zero-order valence-electron chi connectivity index (χ0n) is 10.9. The number of carbonyl (C=O) groups is 1. The first-order chi connectivity index (χ1) is 8.67. The van der Waals surface area contributed by atoms with Gasteiger partial charge in [0.25, 0.3) is 0 Å². The van der Waals surface area contributed by atoms with Crippen LogP contribution in [0.1, 0.15) is 32.3 Å². The summed E-state index contributed by atoms with van der Waals surface area (Å²) in [5.41, 5.74) is 0.635. The van der Waals surface area contributed by atoms with Gasteiger partial charge in [-0.25, -0.2) is 8.42 Å². The maximum absolute atomic E-state index is 12.4. The second-order valence-electron chi connectivity index (χ2n) is 4.71. The van der Waals surface area contributed by atoms with Crippen molar-refractivity contribution in [2.45, 2.75) is 37.3 Å². The van der Waals surface area contributed by atoms with Crippen LogP contribution in [-0.4, -0.2) is 20.0 Å². The minimum Gasteiger partial charge on any atom is -0.299 e. The number of alkyl halides is 2. The molecule has 3 nitrogen and oxygen atoms in total. The van der Waals surface area contributed by atoms with Crippen LogP contribution < -0.4 is 0 Å². The fraction of sp³-hybridized carbons (Fsp3) is 0.462. The molecule has 0 aromatic heterocycles. The Hall–Kier alpha value is -1.30. The van der Waals surface area contributed by atoms with Crippen LogP contribution in [0.5, 0.6) is 0 Å². The third-order valence-corrected chi connectivity index (χ3v) is 4.31. The predicted octanol–water partition coefficient (Wildman–Crippen LogP) is 3.01. The fourth-order valence-electron chi connectivity index (χ4n) is 2.06. The molecule has 1 aromatic rings. The molecule has 0 amide bonds. The molecule has 1 rings (SSSR count). The molecule has 0 saturated carbocycles. The van der Waals surface area contributed by atoms with Crippen molar-refractivity contribution in [3.63, 3.8) is 0 Å². The Morgan fingerprint density at radius 1 is 1.11 bits per heavy atom. The number of sulfone groups is 1. The van der Waals surface area contributed by atoms with Gasteiger partial charge in [0.2, 0.25) is 9.84 Å². The van der Waals surface area contributed by atoms with Crippen LogP contribution in [0, 0.1) is 5.92 Å². The van der Waals surface area contributed by atoms with Gasteiger partial charge in [0, 0.05) is 5.92 Å². The van der Waals surface area contributed by atoms with Crippen LogP contribution >= 0.6 is 0 Å². The van der Waals surface area contributed by atoms with Crippen LogP contribution in [0.15, 0.2) is 29.2 Å². The molecule has 1 aromatic carbocycles. The summed E-state index contributed by atoms with van der Waals surface area (Å²) in [6.07, 6.45) is 0. The fourth-order valence-corrected chi connectivity index (χ4v) is 2.78. The van der Waals surface area contributed by atoms with E-state index >= 15 is 0 Å². The Morgan fingerprint density at radius 3 is 1.89 bits per heavy atom. The van der Waals surface area contributed by atoms with Gasteiger partial charge >= 0.3 is 5.76 Å². The maximum Gasteiger partial charge on any atom is 0.341 e. The van der Waals surface area contributed by atoms with Crippen molar-refractivity contribution < 1.29 is 22.0 Å². The standard InChI is InChI=1S/C13H16F2O3S/c1-8(2)12(9(3)16)10-4-6-11(7-5-10)19(17,18)13(14)15/h4-8,12-13H,1-3H3. The summed E-state index contributed by atoms with van der Waals surface area (Å²) in [7, 11) is -4.58. The lowest BCUT2D eigenvalue weighted by Gasteiger charge is -2.18. The van der Waals surface area contributed by atoms with Crippen LogP contribution in [0.4, 0.5) is 8.78 Å². The molecule has 0 saturated heterocycles. The molecule has 6 heteroatoms. The third kappa shape index (κ3) is 3.37. The topological polar surface area (TPSA) is 51.2 Å². The summed E-state index contributed by atoms with van der Waals surface area (Å²) in [6.45, 7) is 5.19. The molecular weight excluding hydrogens is 274 g/mol. The highest BCUT2D eigenvalue weighted by Gasteiger charge is 2.27. The van der Waals surface area contributed by atoms with Gasteiger partial charge in [-0.15, -0.1) is 0 Å². The minimum absolute atomic E-state index is 0.0422. The van der Waals surface area contributed by atoms with Gasteiger partial charge < -0.3 is 0 Å². The first-order valence-electron chi connectivity index (χ1n) is 5.80. The molecule has 0 radical (unpaired) electrons. The Bertz CT molecular complexity index is 548. The summed E-state index contributed by atoms with van der Waals surface area (Å²) < 4.78 is 47.3. The van der Waals surface area contributed by atoms with Gasteiger partial charge in [0.05, 0.1) is 4.90 Å². The molecular formula is C13H16F2O3S. The molecule has 0 fully saturated rings. The highest BCUT2D eigenvalue weighted by Crippen LogP contribution is 2.27. The first-order valence-corrected chi connectivity index (χ1v) is 7.35. The molecule has 0 spiro atoms. The van der Waals surface area contributed by atoms with Crippen LogP contribution in [0.3, 0.4) is 0 Å². The van der Waals surface area contributed by atoms with Crippen LogP contribution in [-0.2, 0) is 14.6 Å². The summed E-state index contributed by atoms with van der Waals surface area (Å²) in [5, 5.41) is 0. The van der Waals surface area contributed by atoms with Gasteiger partial charge in [-0.05, 0) is 30.5 Å². The van der Waals surface area contributed by atoms with E-state index in [1.807, 2.05) is 13.8 Å². The number of hydrogen-bond donors (Lipinski definition) is 0. The zero-order valence-corrected chi connectivity index (χ0v) is 11.7. The number of rotatable bonds is 5. The van der Waals surface area contributed by atoms with E-state index in [9.17, 15) is 22.0 Å². The van der Waals surface area contributed by atoms with Crippen molar-refractivity contribution in [2.24, 2.45) is 5.92 Å². The predicted molar refractivity (Wildman–Crippen MR) is 67.9 cm³/mol. The van der Waals surface area contributed by atoms with Crippen LogP contribution in [0.25, 0.3) is 0 Å². The van der Waals surface area contributed by atoms with Gasteiger partial charge in [-0.2, -0.15) is 8.78 Å². The highest BCUT2D eigenvalue weighted by molar-refractivity contribution is 7.91. The van der Waals surface area contributed by atoms with Crippen molar-refractivity contribution in [3.8, 4) is 0 Å². The third-order valence-electron chi connectivity index (χ3n) is 2.91. The first kappa shape index (κ1) is 15.8. The molecule has 106 valence electrons. The maximum atomic E-state index is 12.4. The Balaban J connectivity index is 3.16. The molecule has 0 bridgehead atoms. The summed E-state index contributed by atoms with van der Waals surface area (Å²) in [4.78, 5) is 11.1. The van der Waals surface area contributed by atoms with Crippen molar-refractivity contribution in [1.82, 2.24) is 0 Å². The zero-order chi connectivity index (χ0) is 14.8. The van der Waals surface area contributed by atoms with Crippen LogP contribution in [0.2, 0.25) is 0 Å². The van der Waals surface area contributed by atoms with Crippen molar-refractivity contribution >= 4 is 15.6 Å². The molecule has 0 N–H and O–H groups in total. The average Bonchev–Trinajstić information content (AvgIpc) is 2.28. The molecule has 1 unspecified atom stereocenters. The smallest absolute Gasteiger partial charge is 0.299 e. The number of ketones is 1. The number of halogens is 2. The molecule has 0 aliphatic carbocycles. The Labute approximate surface area is 111 Å². The number of hydrogen-bond acceptors (Lipinski definition) is 3. The Kier molecular flexibility index (Phi) is 4.79. The summed E-state index contributed by atoms with van der Waals surface area (Å²) in [6, 6.07) is 5.08. The lowest BCUT2D eigenvalue weighted by atomic mass is 9.86. The van der Waals surface area contributed by atoms with Crippen molar-refractivity contribution in [1.29, 1.82) is 0 Å². The molecule has 0 heterocycles. The monoisotopic (exact) mass is 290 g/mol.